The number of hydrogen-bond acceptors (Lipinski definition) is 6. The van der Waals surface area contributed by atoms with Crippen LogP contribution in [0.1, 0.15) is 22.8 Å². The number of rotatable bonds is 4. The van der Waals surface area contributed by atoms with Crippen LogP contribution in [0.15, 0.2) is 121 Å². The van der Waals surface area contributed by atoms with Crippen molar-refractivity contribution < 1.29 is 36.9 Å². The van der Waals surface area contributed by atoms with Crippen LogP contribution in [-0.4, -0.2) is 30.4 Å². The molecule has 7 aromatic rings. The summed E-state index contributed by atoms with van der Waals surface area (Å²) in [5.41, 5.74) is 11.8. The number of benzene rings is 4. The Morgan fingerprint density at radius 1 is 0.302 bits per heavy atom. The van der Waals surface area contributed by atoms with Gasteiger partial charge in [0, 0.05) is 0 Å². The summed E-state index contributed by atoms with van der Waals surface area (Å²) in [6.45, 7) is 0. The van der Waals surface area contributed by atoms with Gasteiger partial charge in [-0.3, -0.25) is 0 Å². The van der Waals surface area contributed by atoms with Crippen molar-refractivity contribution in [3.8, 4) is 67.5 Å². The van der Waals surface area contributed by atoms with Crippen molar-refractivity contribution in [1.29, 1.82) is 0 Å². The maximum absolute atomic E-state index is 10.2. The molecule has 0 saturated carbocycles. The number of phenols is 4. The number of fused-ring (bicyclic) bond motifs is 8. The van der Waals surface area contributed by atoms with Gasteiger partial charge in [-0.1, -0.05) is 72.8 Å². The van der Waals surface area contributed by atoms with Gasteiger partial charge < -0.3 is 30.4 Å². The molecule has 4 N–H and O–H groups in total. The minimum atomic E-state index is 0. The van der Waals surface area contributed by atoms with Crippen LogP contribution in [0, 0.1) is 0 Å². The van der Waals surface area contributed by atoms with Crippen LogP contribution in [0.5, 0.6) is 23.0 Å². The third-order valence-corrected chi connectivity index (χ3v) is 9.23. The third-order valence-electron chi connectivity index (χ3n) is 9.23. The van der Waals surface area contributed by atoms with Gasteiger partial charge in [0.05, 0.1) is 22.8 Å². The van der Waals surface area contributed by atoms with Crippen LogP contribution in [-0.2, 0) is 16.5 Å². The molecular formula is C44H28N4NiO4. The largest absolute Gasteiger partial charge is 2.00 e. The summed E-state index contributed by atoms with van der Waals surface area (Å²) in [6, 6.07) is 35.7. The molecule has 0 spiro atoms. The molecule has 0 aliphatic carbocycles. The standard InChI is InChI=1S/C44H28N4O4.Ni/c49-29-9-1-25(2-10-29)41-33-17-19-35(45-33)42(26-3-11-30(50)12-4-26)37-21-23-39(47-37)44(28-7-15-32(52)16-8-28)40-24-22-38(48-40)43(36-20-18-34(41)46-36)27-5-13-31(51)14-6-27;/h1-24H,(H4-2,45,46,47,48,49,50,51,52);/q-2;+2. The smallest absolute Gasteiger partial charge is 0.657 e. The van der Waals surface area contributed by atoms with Gasteiger partial charge in [-0.2, -0.15) is 0 Å². The van der Waals surface area contributed by atoms with E-state index in [9.17, 15) is 20.4 Å². The van der Waals surface area contributed by atoms with Gasteiger partial charge >= 0.3 is 16.5 Å². The zero-order valence-electron chi connectivity index (χ0n) is 27.8. The molecule has 0 saturated heterocycles. The van der Waals surface area contributed by atoms with E-state index in [4.69, 9.17) is 19.9 Å². The zero-order valence-corrected chi connectivity index (χ0v) is 28.7. The first-order chi connectivity index (χ1) is 25.4. The van der Waals surface area contributed by atoms with Crippen molar-refractivity contribution in [3.05, 3.63) is 144 Å². The van der Waals surface area contributed by atoms with E-state index < -0.39 is 0 Å². The van der Waals surface area contributed by atoms with Crippen molar-refractivity contribution in [2.24, 2.45) is 0 Å². The molecule has 4 aromatic carbocycles. The van der Waals surface area contributed by atoms with Crippen molar-refractivity contribution in [2.75, 3.05) is 0 Å². The van der Waals surface area contributed by atoms with E-state index in [2.05, 4.69) is 0 Å². The van der Waals surface area contributed by atoms with E-state index in [1.165, 1.54) is 0 Å². The summed E-state index contributed by atoms with van der Waals surface area (Å²) < 4.78 is 0. The number of aromatic hydroxyl groups is 4. The summed E-state index contributed by atoms with van der Waals surface area (Å²) in [6.07, 6.45) is 7.82. The van der Waals surface area contributed by atoms with Gasteiger partial charge in [0.15, 0.2) is 0 Å². The Kier molecular flexibility index (Phi) is 8.41. The number of aromatic nitrogens is 4. The molecule has 258 valence electrons. The maximum atomic E-state index is 10.2. The van der Waals surface area contributed by atoms with Crippen molar-refractivity contribution in [3.63, 3.8) is 0 Å². The van der Waals surface area contributed by atoms with Gasteiger partial charge in [-0.05, 0) is 117 Å². The van der Waals surface area contributed by atoms with E-state index in [0.29, 0.717) is 44.8 Å². The van der Waals surface area contributed by atoms with Crippen molar-refractivity contribution >= 4 is 46.4 Å². The van der Waals surface area contributed by atoms with Crippen LogP contribution in [0.25, 0.3) is 90.9 Å². The van der Waals surface area contributed by atoms with E-state index in [1.807, 2.05) is 97.1 Å². The second kappa shape index (κ2) is 13.4. The number of hydrogen-bond donors (Lipinski definition) is 4. The van der Waals surface area contributed by atoms with E-state index in [0.717, 1.165) is 44.5 Å². The summed E-state index contributed by atoms with van der Waals surface area (Å²) in [5, 5.41) is 40.6. The first-order valence-corrected chi connectivity index (χ1v) is 16.6. The molecule has 0 atom stereocenters. The number of phenolic OH excluding ortho intramolecular Hbond substituents is 4. The molecule has 9 rings (SSSR count). The Morgan fingerprint density at radius 3 is 0.717 bits per heavy atom. The molecule has 9 heteroatoms. The van der Waals surface area contributed by atoms with Crippen LogP contribution in [0.2, 0.25) is 0 Å². The molecule has 2 aliphatic heterocycles. The predicted octanol–water partition coefficient (Wildman–Crippen LogP) is 9.40. The first-order valence-electron chi connectivity index (χ1n) is 16.6. The second-order valence-corrected chi connectivity index (χ2v) is 12.5. The Hall–Kier alpha value is -6.83. The van der Waals surface area contributed by atoms with Gasteiger partial charge in [0.25, 0.3) is 0 Å². The SMILES string of the molecule is Oc1ccc(-c2c3nc(c(-c4ccc(O)cc4)c4ccc([n-]4)c(-c4ccc(O)cc4)c4nc(c(-c5ccc(O)cc5)c5ccc2[n-]5)C=C4)C=C3)cc1.[Ni+2]. The maximum Gasteiger partial charge on any atom is 2.00 e. The molecule has 53 heavy (non-hydrogen) atoms. The average molecular weight is 735 g/mol. The second-order valence-electron chi connectivity index (χ2n) is 12.5. The molecule has 0 radical (unpaired) electrons. The average Bonchev–Trinajstić information content (AvgIpc) is 3.99. The Labute approximate surface area is 313 Å². The molecule has 0 fully saturated rings. The molecule has 8 bridgehead atoms. The molecule has 3 aromatic heterocycles. The number of nitrogens with zero attached hydrogens (tertiary/aromatic N) is 4. The van der Waals surface area contributed by atoms with Gasteiger partial charge in [0.1, 0.15) is 23.0 Å². The topological polar surface area (TPSA) is 135 Å². The van der Waals surface area contributed by atoms with E-state index in [-0.39, 0.29) is 39.5 Å². The molecule has 5 heterocycles. The Balaban J connectivity index is 0.00000400. The minimum Gasteiger partial charge on any atom is -0.657 e. The molecule has 0 unspecified atom stereocenters. The van der Waals surface area contributed by atoms with Gasteiger partial charge in [0.2, 0.25) is 0 Å². The summed E-state index contributed by atoms with van der Waals surface area (Å²) in [7, 11) is 0. The first kappa shape index (κ1) is 33.3. The monoisotopic (exact) mass is 734 g/mol. The molecule has 0 amide bonds. The Morgan fingerprint density at radius 2 is 0.509 bits per heavy atom. The Bertz CT molecular complexity index is 2370. The van der Waals surface area contributed by atoms with E-state index >= 15 is 0 Å². The van der Waals surface area contributed by atoms with Crippen LogP contribution < -0.4 is 9.97 Å². The zero-order chi connectivity index (χ0) is 35.3. The quantitative estimate of drug-likeness (QED) is 0.131. The third kappa shape index (κ3) is 6.13. The minimum absolute atomic E-state index is 0. The molecular weight excluding hydrogens is 707 g/mol. The van der Waals surface area contributed by atoms with Crippen molar-refractivity contribution in [2.45, 2.75) is 0 Å². The normalized spacial score (nSPS) is 11.8. The fourth-order valence-electron chi connectivity index (χ4n) is 6.78. The van der Waals surface area contributed by atoms with Gasteiger partial charge in [-0.15, -0.1) is 22.1 Å². The summed E-state index contributed by atoms with van der Waals surface area (Å²) >= 11 is 0. The summed E-state index contributed by atoms with van der Waals surface area (Å²) in [4.78, 5) is 20.8. The van der Waals surface area contributed by atoms with Crippen LogP contribution in [0.4, 0.5) is 0 Å². The van der Waals surface area contributed by atoms with Crippen LogP contribution in [0.3, 0.4) is 0 Å². The van der Waals surface area contributed by atoms with Gasteiger partial charge in [-0.25, -0.2) is 9.97 Å². The fourth-order valence-corrected chi connectivity index (χ4v) is 6.78. The van der Waals surface area contributed by atoms with Crippen LogP contribution >= 0.6 is 0 Å². The molecule has 8 nitrogen and oxygen atoms in total. The van der Waals surface area contributed by atoms with E-state index in [1.54, 1.807) is 48.5 Å². The molecule has 2 aliphatic rings. The fraction of sp³-hybridized carbons (Fsp3) is 0. The predicted molar refractivity (Wildman–Crippen MR) is 205 cm³/mol. The summed E-state index contributed by atoms with van der Waals surface area (Å²) in [5.74, 6) is 0.594. The van der Waals surface area contributed by atoms with Crippen molar-refractivity contribution in [1.82, 2.24) is 19.9 Å².